The number of likely N-dealkylation sites (N-methyl/N-ethyl adjacent to an activating group) is 1. The summed E-state index contributed by atoms with van der Waals surface area (Å²) in [6, 6.07) is 5.36. The van der Waals surface area contributed by atoms with Crippen LogP contribution in [0.2, 0.25) is 5.02 Å². The number of halogens is 1. The molecule has 2 N–H and O–H groups in total. The van der Waals surface area contributed by atoms with Crippen molar-refractivity contribution in [2.24, 2.45) is 7.05 Å². The lowest BCUT2D eigenvalue weighted by atomic mass is 10.1. The Morgan fingerprint density at radius 2 is 1.90 bits per heavy atom. The zero-order valence-electron chi connectivity index (χ0n) is 17.6. The minimum atomic E-state index is -3.53. The molecule has 0 radical (unpaired) electrons. The highest BCUT2D eigenvalue weighted by atomic mass is 35.5. The number of aryl methyl sites for hydroxylation is 3. The Kier molecular flexibility index (Phi) is 7.01. The number of anilines is 1. The molecule has 0 aliphatic carbocycles. The van der Waals surface area contributed by atoms with Gasteiger partial charge in [0.2, 0.25) is 4.90 Å². The van der Waals surface area contributed by atoms with Crippen LogP contribution >= 0.6 is 11.6 Å². The molecule has 1 saturated heterocycles. The molecule has 0 bridgehead atoms. The van der Waals surface area contributed by atoms with Crippen LogP contribution in [0.4, 0.5) is 5.69 Å². The van der Waals surface area contributed by atoms with E-state index in [1.165, 1.54) is 0 Å². The molecule has 0 spiro atoms. The first-order valence-electron chi connectivity index (χ1n) is 9.91. The molecule has 1 unspecified atom stereocenters. The minimum absolute atomic E-state index is 0.199. The van der Waals surface area contributed by atoms with E-state index in [-0.39, 0.29) is 4.90 Å². The highest BCUT2D eigenvalue weighted by Crippen LogP contribution is 2.30. The molecule has 1 aliphatic rings. The number of hydrogen-bond donors (Lipinski definition) is 2. The van der Waals surface area contributed by atoms with Crippen molar-refractivity contribution in [1.82, 2.24) is 19.6 Å². The van der Waals surface area contributed by atoms with Gasteiger partial charge < -0.3 is 9.80 Å². The number of hydrogen-bond acceptors (Lipinski definition) is 4. The summed E-state index contributed by atoms with van der Waals surface area (Å²) in [6.07, 6.45) is 1.94. The quantitative estimate of drug-likeness (QED) is 0.646. The first-order valence-corrected chi connectivity index (χ1v) is 11.8. The molecule has 0 amide bonds. The lowest BCUT2D eigenvalue weighted by molar-refractivity contribution is 0.153. The summed E-state index contributed by atoms with van der Waals surface area (Å²) in [5, 5.41) is 4.59. The number of rotatable bonds is 7. The molecule has 9 heteroatoms. The van der Waals surface area contributed by atoms with Gasteiger partial charge in [-0.05, 0) is 56.1 Å². The number of benzene rings is 1. The summed E-state index contributed by atoms with van der Waals surface area (Å²) < 4.78 is 28.0. The minimum Gasteiger partial charge on any atom is -0.304 e. The van der Waals surface area contributed by atoms with E-state index in [4.69, 9.17) is 11.6 Å². The van der Waals surface area contributed by atoms with Crippen LogP contribution < -0.4 is 4.72 Å². The van der Waals surface area contributed by atoms with Gasteiger partial charge in [-0.25, -0.2) is 0 Å². The number of nitrogens with one attached hydrogen (secondary N) is 1. The van der Waals surface area contributed by atoms with Crippen molar-refractivity contribution in [3.8, 4) is 0 Å². The summed E-state index contributed by atoms with van der Waals surface area (Å²) in [5.74, 6) is 0. The standard InChI is InChI=1S/C20H30ClN5O2S/c1-15-20(16(2)25(4)22-15)23-29(27,28)19-8-7-17(14-18(19)21)6-5-9-26-12-10-24(3)11-13-26/h7-8,14H,5-6,9-13H2,1-4H3,(H-,23,27,28)/p+1. The number of piperazine rings is 1. The Bertz CT molecular complexity index is 909. The van der Waals surface area contributed by atoms with Crippen LogP contribution in [0.1, 0.15) is 23.4 Å². The van der Waals surface area contributed by atoms with E-state index in [1.807, 2.05) is 13.0 Å². The van der Waals surface area contributed by atoms with Crippen molar-refractivity contribution in [3.63, 3.8) is 0 Å². The van der Waals surface area contributed by atoms with Gasteiger partial charge in [0.25, 0.3) is 0 Å². The highest BCUT2D eigenvalue weighted by molar-refractivity contribution is 7.99. The van der Waals surface area contributed by atoms with Gasteiger partial charge in [0.15, 0.2) is 0 Å². The monoisotopic (exact) mass is 440 g/mol. The van der Waals surface area contributed by atoms with Crippen molar-refractivity contribution in [3.05, 3.63) is 40.2 Å². The second-order valence-corrected chi connectivity index (χ2v) is 9.91. The van der Waals surface area contributed by atoms with Gasteiger partial charge in [-0.2, -0.15) is 14.4 Å². The summed E-state index contributed by atoms with van der Waals surface area (Å²) >= 11 is 6.39. The predicted molar refractivity (Wildman–Crippen MR) is 119 cm³/mol. The van der Waals surface area contributed by atoms with E-state index in [0.717, 1.165) is 56.8 Å². The van der Waals surface area contributed by atoms with Crippen LogP contribution in [0.25, 0.3) is 0 Å². The third-order valence-electron chi connectivity index (χ3n) is 5.58. The molecule has 1 fully saturated rings. The van der Waals surface area contributed by atoms with Gasteiger partial charge in [-0.1, -0.05) is 17.7 Å². The average Bonchev–Trinajstić information content (AvgIpc) is 2.89. The summed E-state index contributed by atoms with van der Waals surface area (Å²) in [5.41, 5.74) is 3.11. The molecule has 160 valence electrons. The maximum Gasteiger partial charge on any atom is 0.347 e. The molecule has 2 aromatic rings. The first-order chi connectivity index (χ1) is 13.7. The zero-order valence-corrected chi connectivity index (χ0v) is 19.2. The largest absolute Gasteiger partial charge is 0.347 e. The zero-order chi connectivity index (χ0) is 21.2. The van der Waals surface area contributed by atoms with E-state index < -0.39 is 10.4 Å². The third kappa shape index (κ3) is 5.38. The van der Waals surface area contributed by atoms with Gasteiger partial charge in [0, 0.05) is 39.3 Å². The van der Waals surface area contributed by atoms with Gasteiger partial charge in [0.05, 0.1) is 11.4 Å². The number of aromatic nitrogens is 2. The topological polar surface area (TPSA) is 73.6 Å². The molecule has 1 aromatic carbocycles. The molecular formula is C20H31ClN5O2S+. The Balaban J connectivity index is 1.63. The lowest BCUT2D eigenvalue weighted by Crippen LogP contribution is -2.44. The predicted octanol–water partition coefficient (Wildman–Crippen LogP) is 3.23. The summed E-state index contributed by atoms with van der Waals surface area (Å²) in [7, 11) is 0.427. The third-order valence-corrected chi connectivity index (χ3v) is 7.44. The van der Waals surface area contributed by atoms with Crippen LogP contribution in [0.15, 0.2) is 23.1 Å². The van der Waals surface area contributed by atoms with Gasteiger partial charge in [0.1, 0.15) is 10.7 Å². The maximum atomic E-state index is 13.0. The van der Waals surface area contributed by atoms with Gasteiger partial charge >= 0.3 is 10.4 Å². The fraction of sp³-hybridized carbons (Fsp3) is 0.550. The van der Waals surface area contributed by atoms with E-state index in [0.29, 0.717) is 16.4 Å². The SMILES string of the molecule is Cc1nn(C)c(C)c1N[S+](=O)(O)c1ccc(CCCN2CCN(C)CC2)cc1Cl. The molecule has 7 nitrogen and oxygen atoms in total. The van der Waals surface area contributed by atoms with Crippen LogP contribution in [0.3, 0.4) is 0 Å². The summed E-state index contributed by atoms with van der Waals surface area (Å²) in [4.78, 5) is 5.03. The van der Waals surface area contributed by atoms with E-state index in [9.17, 15) is 8.76 Å². The normalized spacial score (nSPS) is 18.0. The number of nitrogens with zero attached hydrogens (tertiary/aromatic N) is 4. The lowest BCUT2D eigenvalue weighted by Gasteiger charge is -2.32. The van der Waals surface area contributed by atoms with Crippen LogP contribution in [0, 0.1) is 13.8 Å². The second kappa shape index (κ2) is 9.14. The van der Waals surface area contributed by atoms with Crippen molar-refractivity contribution < 1.29 is 8.76 Å². The second-order valence-electron chi connectivity index (χ2n) is 7.81. The van der Waals surface area contributed by atoms with E-state index in [2.05, 4.69) is 26.7 Å². The van der Waals surface area contributed by atoms with Crippen LogP contribution in [-0.4, -0.2) is 63.9 Å². The molecular weight excluding hydrogens is 410 g/mol. The van der Waals surface area contributed by atoms with Crippen molar-refractivity contribution in [1.29, 1.82) is 0 Å². The van der Waals surface area contributed by atoms with Gasteiger partial charge in [-0.15, -0.1) is 0 Å². The molecule has 2 heterocycles. The Morgan fingerprint density at radius 1 is 1.21 bits per heavy atom. The van der Waals surface area contributed by atoms with Crippen LogP contribution in [-0.2, 0) is 28.1 Å². The van der Waals surface area contributed by atoms with Crippen molar-refractivity contribution in [2.75, 3.05) is 44.5 Å². The smallest absolute Gasteiger partial charge is 0.304 e. The van der Waals surface area contributed by atoms with Crippen LogP contribution in [0.5, 0.6) is 0 Å². The highest BCUT2D eigenvalue weighted by Gasteiger charge is 2.34. The first kappa shape index (κ1) is 22.2. The summed E-state index contributed by atoms with van der Waals surface area (Å²) in [6.45, 7) is 9.18. The molecule has 0 saturated carbocycles. The fourth-order valence-corrected chi connectivity index (χ4v) is 5.39. The Hall–Kier alpha value is -1.45. The van der Waals surface area contributed by atoms with Crippen molar-refractivity contribution in [2.45, 2.75) is 31.6 Å². The molecule has 3 rings (SSSR count). The van der Waals surface area contributed by atoms with E-state index in [1.54, 1.807) is 30.8 Å². The van der Waals surface area contributed by atoms with E-state index >= 15 is 0 Å². The molecule has 1 aliphatic heterocycles. The van der Waals surface area contributed by atoms with Crippen molar-refractivity contribution >= 4 is 27.7 Å². The van der Waals surface area contributed by atoms with Gasteiger partial charge in [-0.3, -0.25) is 4.68 Å². The molecule has 1 aromatic heterocycles. The molecule has 1 atom stereocenters. The molecule has 29 heavy (non-hydrogen) atoms. The Morgan fingerprint density at radius 3 is 2.48 bits per heavy atom. The fourth-order valence-electron chi connectivity index (χ4n) is 3.62. The average molecular weight is 441 g/mol. The Labute approximate surface area is 179 Å². The maximum absolute atomic E-state index is 13.0.